The van der Waals surface area contributed by atoms with Crippen LogP contribution < -0.4 is 0 Å². The molecule has 720 valence electrons. The molecule has 0 N–H and O–H groups in total. The van der Waals surface area contributed by atoms with E-state index in [4.69, 9.17) is 0 Å². The fourth-order valence-electron chi connectivity index (χ4n) is 84.3. The first kappa shape index (κ1) is 82.3. The molecule has 0 bridgehead atoms. The number of hydrogen-bond acceptors (Lipinski definition) is 0. The Morgan fingerprint density at radius 3 is 0.214 bits per heavy atom. The van der Waals surface area contributed by atoms with Crippen LogP contribution in [0.15, 0.2) is 0 Å². The molecule has 52 atom stereocenters. The van der Waals surface area contributed by atoms with Crippen LogP contribution in [0.1, 0.15) is 330 Å². The van der Waals surface area contributed by atoms with Gasteiger partial charge >= 0.3 is 0 Å². The zero-order valence-corrected chi connectivity index (χ0v) is 92.7. The van der Waals surface area contributed by atoms with Gasteiger partial charge in [-0.1, -0.05) is 305 Å². The topological polar surface area (TPSA) is 0 Å². The molecule has 0 aliphatic heterocycles. The largest absolute Gasteiger partial charge is 0.0683 e. The quantitative estimate of drug-likeness (QED) is 0.227. The maximum atomic E-state index is 2.00. The summed E-state index contributed by atoms with van der Waals surface area (Å²) in [7, 11) is 0. The Morgan fingerprint density at radius 2 is 0.145 bits per heavy atom. The van der Waals surface area contributed by atoms with Crippen LogP contribution >= 0.6 is 0 Å². The summed E-state index contributed by atoms with van der Waals surface area (Å²) in [6.45, 7) is 88.0. The SMILES string of the molecule is C1C2CC3C4C5C6C7C8C9C%10C%11C%12C%13C%14C%15C%16C%17C%18C%19C%20C%21C%22C%23C%24C%25C%26C%27C%28C%29CC%30CC%31C%32C%33C%34C%35C%36C%37C%38C%39C%40C%41C%42C%43C%44C%45C%46C%47C%48C%49C%50C%51C%52C%53C%54C%55C%56C1C23C%564C%555C%546C%537C%528C%519C%50%10C%49%11C%48%12C%47%13C%46%14C%45%15C%44%16C%43%17C%42%18C%41%19C%40%20C%39%21C%38%22C%37%23C%36%24C%35%25C%34%26C%33%27C%32%28C%30%31%29.CC.CC.CC.CC.CC.CC.CC.CC.CC.CC.CC.CC.CC.CC.CC.CC.CC.CC.CC.CC.CC.CC. The van der Waals surface area contributed by atoms with Crippen molar-refractivity contribution >= 4 is 0 Å². The first-order valence-electron chi connectivity index (χ1n) is 65.3. The summed E-state index contributed by atoms with van der Waals surface area (Å²) in [6.07, 6.45) is 7.10. The predicted octanol–water partition coefficient (Wildman–Crippen LogP) is 31.0. The smallest absolute Gasteiger partial charge is 0.00932 e. The van der Waals surface area contributed by atoms with Crippen LogP contribution in [0.3, 0.4) is 0 Å². The van der Waals surface area contributed by atoms with E-state index in [1.807, 2.05) is 305 Å². The van der Waals surface area contributed by atoms with Gasteiger partial charge in [-0.2, -0.15) is 0 Å². The van der Waals surface area contributed by atoms with Gasteiger partial charge in [0.25, 0.3) is 0 Å². The van der Waals surface area contributed by atoms with Crippen LogP contribution in [0.4, 0.5) is 0 Å². The molecule has 0 saturated heterocycles. The molecule has 0 aromatic carbocycles. The molecule has 0 heterocycles. The second-order valence-electron chi connectivity index (χ2n) is 54.6. The molecule has 0 heteroatoms. The molecule has 56 aliphatic carbocycles. The number of hydrogen-bond donors (Lipinski definition) is 0. The minimum Gasteiger partial charge on any atom is -0.0683 e. The summed E-state index contributed by atoms with van der Waals surface area (Å²) in [5.74, 6) is 77.8. The van der Waals surface area contributed by atoms with Gasteiger partial charge in [0.1, 0.15) is 0 Å². The average molecular weight is 1770 g/mol. The summed E-state index contributed by atoms with van der Waals surface area (Å²) in [5, 5.41) is 0. The summed E-state index contributed by atoms with van der Waals surface area (Å²) in [6, 6.07) is 0. The Balaban J connectivity index is 0.000000159. The third kappa shape index (κ3) is 3.38. The maximum absolute atomic E-state index is 2.00. The van der Waals surface area contributed by atoms with Crippen LogP contribution in [0, 0.1) is 478 Å². The van der Waals surface area contributed by atoms with Crippen molar-refractivity contribution in [2.24, 2.45) is 478 Å². The lowest BCUT2D eigenvalue weighted by Crippen LogP contribution is -3.40. The Hall–Kier alpha value is 0. The third-order valence-electron chi connectivity index (χ3n) is 70.4. The lowest BCUT2D eigenvalue weighted by Gasteiger charge is -3.42. The molecule has 56 fully saturated rings. The van der Waals surface area contributed by atoms with Crippen molar-refractivity contribution < 1.29 is 0 Å². The van der Waals surface area contributed by atoms with E-state index in [0.717, 1.165) is 146 Å². The van der Waals surface area contributed by atoms with Crippen LogP contribution in [0.2, 0.25) is 0 Å². The van der Waals surface area contributed by atoms with Gasteiger partial charge in [0, 0.05) is 0 Å². The first-order valence-corrected chi connectivity index (χ1v) is 65.3. The van der Waals surface area contributed by atoms with Gasteiger partial charge in [-0.25, -0.2) is 0 Å². The van der Waals surface area contributed by atoms with Crippen molar-refractivity contribution in [1.29, 1.82) is 0 Å². The summed E-state index contributed by atoms with van der Waals surface area (Å²) in [5.41, 5.74) is 29.5. The monoisotopic (exact) mass is 1770 g/mol. The van der Waals surface area contributed by atoms with Crippen molar-refractivity contribution in [3.8, 4) is 0 Å². The van der Waals surface area contributed by atoms with Gasteiger partial charge in [-0.05, 0) is 503 Å². The molecule has 56 saturated carbocycles. The standard InChI is InChI=1S/C87H64.22C2H6/c1-5-2-8-12-16-20-24-28-32-36-40-44-48-52-56-60-58-54-50-46-42-38-34-30-26-22-18-14-10-4-6-3-9-13-17-21-25-29-33-37-41-45-49-53-57-59-55-51-47-43-39-35-31-27-23-19-15-11-7(1)61(5,8)63(11,12)65(15,16)67(19,20)69(23,24)71(27,28)73(31,32)75(35,36)77(39,40)79(43,44)81(47,48)83(51,52)85(55,56)87(59,60)86(57,58)84(53,54)82(49,50)80(45,46)78(41,42)76(37,38)74(33,34)72(29,30)70(25,26)68(21,22)66(17,18)64(13,14)62(6,9)10;22*1-2/h5-60H,1-4H2;22*1-2H3. The number of rotatable bonds is 0. The van der Waals surface area contributed by atoms with Gasteiger partial charge in [0.2, 0.25) is 0 Å². The molecular formula is C131H196. The second kappa shape index (κ2) is 19.4. The second-order valence-corrected chi connectivity index (χ2v) is 54.6. The van der Waals surface area contributed by atoms with Gasteiger partial charge in [-0.3, -0.25) is 0 Å². The molecule has 0 nitrogen and oxygen atoms in total. The highest BCUT2D eigenvalue weighted by molar-refractivity contribution is 5.91. The van der Waals surface area contributed by atoms with E-state index >= 15 is 0 Å². The van der Waals surface area contributed by atoms with Crippen molar-refractivity contribution in [1.82, 2.24) is 0 Å². The van der Waals surface area contributed by atoms with Gasteiger partial charge in [-0.15, -0.1) is 0 Å². The van der Waals surface area contributed by atoms with E-state index in [0.29, 0.717) is 0 Å². The van der Waals surface area contributed by atoms with Crippen LogP contribution in [-0.2, 0) is 0 Å². The highest BCUT2D eigenvalue weighted by atomic mass is 15.5. The summed E-state index contributed by atoms with van der Waals surface area (Å²) in [4.78, 5) is 0. The molecule has 0 aromatic rings. The highest BCUT2D eigenvalue weighted by Gasteiger charge is 3.46. The molecular weight excluding hydrogens is 1570 g/mol. The Kier molecular flexibility index (Phi) is 12.2. The molecule has 52 unspecified atom stereocenters. The minimum absolute atomic E-state index is 1.07. The van der Waals surface area contributed by atoms with Crippen molar-refractivity contribution in [2.75, 3.05) is 0 Å². The van der Waals surface area contributed by atoms with E-state index < -0.39 is 0 Å². The average Bonchev–Trinajstić information content (AvgIpc) is 0.468. The van der Waals surface area contributed by atoms with Crippen LogP contribution in [-0.4, -0.2) is 0 Å². The Morgan fingerprint density at radius 1 is 0.0840 bits per heavy atom. The third-order valence-corrected chi connectivity index (χ3v) is 70.4. The Labute approximate surface area is 802 Å². The van der Waals surface area contributed by atoms with Crippen molar-refractivity contribution in [3.05, 3.63) is 0 Å². The molecule has 0 aromatic heterocycles. The lowest BCUT2D eigenvalue weighted by atomic mass is 8.61. The molecule has 0 amide bonds. The van der Waals surface area contributed by atoms with Crippen LogP contribution in [0.5, 0.6) is 0 Å². The predicted molar refractivity (Wildman–Crippen MR) is 529 cm³/mol. The maximum Gasteiger partial charge on any atom is -0.00932 e. The summed E-state index contributed by atoms with van der Waals surface area (Å²) < 4.78 is 0. The molecule has 56 aliphatic rings. The fourth-order valence-corrected chi connectivity index (χ4v) is 84.3. The van der Waals surface area contributed by atoms with E-state index in [2.05, 4.69) is 0 Å². The molecule has 131 heavy (non-hydrogen) atoms. The first-order chi connectivity index (χ1) is 65.3. The molecule has 0 radical (unpaired) electrons. The van der Waals surface area contributed by atoms with Crippen molar-refractivity contribution in [2.45, 2.75) is 330 Å². The zero-order valence-electron chi connectivity index (χ0n) is 92.7. The molecule has 27 spiro atoms. The van der Waals surface area contributed by atoms with Crippen molar-refractivity contribution in [3.63, 3.8) is 0 Å². The van der Waals surface area contributed by atoms with Gasteiger partial charge < -0.3 is 0 Å². The van der Waals surface area contributed by atoms with E-state index in [-0.39, 0.29) is 0 Å². The summed E-state index contributed by atoms with van der Waals surface area (Å²) >= 11 is 0. The highest BCUT2D eigenvalue weighted by Crippen LogP contribution is 3.48. The number of fused-ring (bicyclic) bond motifs is 52. The van der Waals surface area contributed by atoms with E-state index in [9.17, 15) is 0 Å². The van der Waals surface area contributed by atoms with Crippen LogP contribution in [0.25, 0.3) is 0 Å². The van der Waals surface area contributed by atoms with E-state index in [1.54, 1.807) is 25.7 Å². The normalized spacial score (nSPS) is 87.5. The fraction of sp³-hybridized carbons (Fsp3) is 1.00. The Bertz CT molecular complexity index is 4990. The minimum atomic E-state index is 1.07. The lowest BCUT2D eigenvalue weighted by molar-refractivity contribution is -0.968. The zero-order chi connectivity index (χ0) is 92.7. The van der Waals surface area contributed by atoms with E-state index in [1.165, 1.54) is 331 Å². The molecule has 56 rings (SSSR count). The van der Waals surface area contributed by atoms with Gasteiger partial charge in [0.05, 0.1) is 0 Å². The van der Waals surface area contributed by atoms with Gasteiger partial charge in [0.15, 0.2) is 0 Å².